The van der Waals surface area contributed by atoms with Crippen molar-refractivity contribution < 1.29 is 9.16 Å². The van der Waals surface area contributed by atoms with Crippen molar-refractivity contribution in [2.24, 2.45) is 0 Å². The van der Waals surface area contributed by atoms with Crippen LogP contribution in [0.25, 0.3) is 0 Å². The molecule has 20 heavy (non-hydrogen) atoms. The Bertz CT molecular complexity index is 352. The molecule has 2 atom stereocenters. The molecule has 0 aromatic heterocycles. The van der Waals surface area contributed by atoms with Crippen molar-refractivity contribution >= 4 is 8.32 Å². The zero-order valence-corrected chi connectivity index (χ0v) is 15.2. The topological polar surface area (TPSA) is 18.5 Å². The Balaban J connectivity index is 2.74. The fraction of sp³-hybridized carbons (Fsp3) is 0.765. The summed E-state index contributed by atoms with van der Waals surface area (Å²) in [5.74, 6) is 0. The van der Waals surface area contributed by atoms with Crippen LogP contribution in [0.3, 0.4) is 0 Å². The summed E-state index contributed by atoms with van der Waals surface area (Å²) < 4.78 is 12.5. The van der Waals surface area contributed by atoms with E-state index >= 15 is 0 Å². The van der Waals surface area contributed by atoms with Gasteiger partial charge in [0.1, 0.15) is 6.10 Å². The highest BCUT2D eigenvalue weighted by Crippen LogP contribution is 2.38. The molecule has 0 fully saturated rings. The van der Waals surface area contributed by atoms with Crippen LogP contribution < -0.4 is 0 Å². The van der Waals surface area contributed by atoms with E-state index in [1.807, 2.05) is 6.08 Å². The van der Waals surface area contributed by atoms with Gasteiger partial charge in [-0.2, -0.15) is 0 Å². The number of hydrogen-bond acceptors (Lipinski definition) is 2. The van der Waals surface area contributed by atoms with Crippen LogP contribution in [0.5, 0.6) is 0 Å². The molecule has 3 heteroatoms. The Morgan fingerprint density at radius 2 is 2.15 bits per heavy atom. The molecule has 0 saturated carbocycles. The molecule has 0 bridgehead atoms. The molecule has 0 N–H and O–H groups in total. The Labute approximate surface area is 126 Å². The Morgan fingerprint density at radius 1 is 1.50 bits per heavy atom. The smallest absolute Gasteiger partial charge is 0.192 e. The number of rotatable bonds is 7. The van der Waals surface area contributed by atoms with Crippen molar-refractivity contribution in [2.75, 3.05) is 6.61 Å². The molecule has 116 valence electrons. The Hall–Kier alpha value is -0.383. The first-order chi connectivity index (χ1) is 9.17. The van der Waals surface area contributed by atoms with Gasteiger partial charge in [0.25, 0.3) is 0 Å². The van der Waals surface area contributed by atoms with Gasteiger partial charge < -0.3 is 9.16 Å². The fourth-order valence-electron chi connectivity index (χ4n) is 2.13. The van der Waals surface area contributed by atoms with Gasteiger partial charge in [-0.15, -0.1) is 6.58 Å². The molecule has 0 radical (unpaired) electrons. The highest BCUT2D eigenvalue weighted by atomic mass is 28.4. The zero-order chi connectivity index (χ0) is 15.4. The number of ether oxygens (including phenoxy) is 1. The minimum absolute atomic E-state index is 0.133. The maximum absolute atomic E-state index is 6.62. The van der Waals surface area contributed by atoms with Gasteiger partial charge in [0.05, 0.1) is 12.7 Å². The minimum Gasteiger partial charge on any atom is -0.411 e. The van der Waals surface area contributed by atoms with Crippen LogP contribution in [0.15, 0.2) is 24.3 Å². The van der Waals surface area contributed by atoms with Crippen LogP contribution >= 0.6 is 0 Å². The Kier molecular flexibility index (Phi) is 6.23. The standard InChI is InChI=1S/C17H32O2Si/c1-8-9-10-11-15(16-12-14(2)13-18-16)19-20(6,7)17(3,4)5/h8,12,15-16H,1,9-11,13H2,2-7H3/t15-,16-/m0/s1. The van der Waals surface area contributed by atoms with E-state index in [0.29, 0.717) is 0 Å². The molecule has 0 spiro atoms. The number of allylic oxidation sites excluding steroid dienone is 1. The molecule has 0 aliphatic carbocycles. The van der Waals surface area contributed by atoms with Gasteiger partial charge in [-0.1, -0.05) is 32.9 Å². The lowest BCUT2D eigenvalue weighted by atomic mass is 10.1. The van der Waals surface area contributed by atoms with Gasteiger partial charge in [-0.3, -0.25) is 0 Å². The summed E-state index contributed by atoms with van der Waals surface area (Å²) in [6.07, 6.45) is 7.77. The van der Waals surface area contributed by atoms with Gasteiger partial charge in [0, 0.05) is 0 Å². The SMILES string of the molecule is C=CCCC[C@H](O[Si](C)(C)C(C)(C)C)[C@@H]1C=C(C)CO1. The lowest BCUT2D eigenvalue weighted by molar-refractivity contribution is 0.0144. The number of unbranched alkanes of at least 4 members (excludes halogenated alkanes) is 1. The summed E-state index contributed by atoms with van der Waals surface area (Å²) in [6, 6.07) is 0. The largest absolute Gasteiger partial charge is 0.411 e. The molecule has 1 aliphatic heterocycles. The van der Waals surface area contributed by atoms with E-state index in [0.717, 1.165) is 25.9 Å². The summed E-state index contributed by atoms with van der Waals surface area (Å²) in [7, 11) is -1.75. The van der Waals surface area contributed by atoms with E-state index in [1.165, 1.54) is 5.57 Å². The molecule has 0 unspecified atom stereocenters. The zero-order valence-electron chi connectivity index (χ0n) is 14.2. The van der Waals surface area contributed by atoms with E-state index in [1.54, 1.807) is 0 Å². The van der Waals surface area contributed by atoms with Crippen LogP contribution in [0.2, 0.25) is 18.1 Å². The highest BCUT2D eigenvalue weighted by molar-refractivity contribution is 6.74. The summed E-state index contributed by atoms with van der Waals surface area (Å²) in [6.45, 7) is 18.2. The van der Waals surface area contributed by atoms with Crippen molar-refractivity contribution in [3.05, 3.63) is 24.3 Å². The molecule has 0 aromatic rings. The first-order valence-electron chi connectivity index (χ1n) is 7.75. The first-order valence-corrected chi connectivity index (χ1v) is 10.7. The fourth-order valence-corrected chi connectivity index (χ4v) is 3.49. The van der Waals surface area contributed by atoms with Crippen LogP contribution in [-0.4, -0.2) is 27.1 Å². The van der Waals surface area contributed by atoms with E-state index < -0.39 is 8.32 Å². The van der Waals surface area contributed by atoms with Gasteiger partial charge in [0.15, 0.2) is 8.32 Å². The van der Waals surface area contributed by atoms with Crippen LogP contribution in [0.4, 0.5) is 0 Å². The van der Waals surface area contributed by atoms with Gasteiger partial charge in [-0.05, 0) is 49.9 Å². The monoisotopic (exact) mass is 296 g/mol. The Morgan fingerprint density at radius 3 is 2.60 bits per heavy atom. The lowest BCUT2D eigenvalue weighted by Crippen LogP contribution is -2.46. The molecular weight excluding hydrogens is 264 g/mol. The second kappa shape index (κ2) is 7.06. The third kappa shape index (κ3) is 4.87. The molecule has 0 aromatic carbocycles. The second-order valence-electron chi connectivity index (χ2n) is 7.42. The van der Waals surface area contributed by atoms with E-state index in [-0.39, 0.29) is 17.2 Å². The van der Waals surface area contributed by atoms with Crippen molar-refractivity contribution in [1.29, 1.82) is 0 Å². The summed E-state index contributed by atoms with van der Waals surface area (Å²) in [4.78, 5) is 0. The molecule has 0 amide bonds. The predicted octanol–water partition coefficient (Wildman–Crippen LogP) is 5.08. The van der Waals surface area contributed by atoms with Crippen LogP contribution in [-0.2, 0) is 9.16 Å². The average Bonchev–Trinajstić information content (AvgIpc) is 2.73. The average molecular weight is 297 g/mol. The quantitative estimate of drug-likeness (QED) is 0.370. The van der Waals surface area contributed by atoms with Gasteiger partial charge >= 0.3 is 0 Å². The van der Waals surface area contributed by atoms with Crippen molar-refractivity contribution in [1.82, 2.24) is 0 Å². The van der Waals surface area contributed by atoms with Gasteiger partial charge in [0.2, 0.25) is 0 Å². The second-order valence-corrected chi connectivity index (χ2v) is 12.2. The number of hydrogen-bond donors (Lipinski definition) is 0. The van der Waals surface area contributed by atoms with E-state index in [4.69, 9.17) is 9.16 Å². The van der Waals surface area contributed by atoms with Crippen LogP contribution in [0, 0.1) is 0 Å². The van der Waals surface area contributed by atoms with E-state index in [2.05, 4.69) is 53.4 Å². The summed E-state index contributed by atoms with van der Waals surface area (Å²) in [5, 5.41) is 0.237. The maximum Gasteiger partial charge on any atom is 0.192 e. The van der Waals surface area contributed by atoms with Crippen LogP contribution in [0.1, 0.15) is 47.0 Å². The van der Waals surface area contributed by atoms with Crippen molar-refractivity contribution in [3.63, 3.8) is 0 Å². The molecule has 0 saturated heterocycles. The summed E-state index contributed by atoms with van der Waals surface area (Å²) >= 11 is 0. The molecular formula is C17H32O2Si. The van der Waals surface area contributed by atoms with E-state index in [9.17, 15) is 0 Å². The third-order valence-corrected chi connectivity index (χ3v) is 8.97. The highest BCUT2D eigenvalue weighted by Gasteiger charge is 2.41. The van der Waals surface area contributed by atoms with Crippen molar-refractivity contribution in [2.45, 2.75) is 77.3 Å². The third-order valence-electron chi connectivity index (χ3n) is 4.47. The molecule has 1 heterocycles. The molecule has 1 aliphatic rings. The molecule has 2 nitrogen and oxygen atoms in total. The maximum atomic E-state index is 6.62. The summed E-state index contributed by atoms with van der Waals surface area (Å²) in [5.41, 5.74) is 1.32. The molecule has 1 rings (SSSR count). The minimum atomic E-state index is -1.75. The first kappa shape index (κ1) is 17.7. The normalized spacial score (nSPS) is 21.7. The van der Waals surface area contributed by atoms with Crippen molar-refractivity contribution in [3.8, 4) is 0 Å². The predicted molar refractivity (Wildman–Crippen MR) is 89.6 cm³/mol. The van der Waals surface area contributed by atoms with Gasteiger partial charge in [-0.25, -0.2) is 0 Å². The lowest BCUT2D eigenvalue weighted by Gasteiger charge is -2.40.